The average Bonchev–Trinajstić information content (AvgIpc) is 3.32. The van der Waals surface area contributed by atoms with Crippen LogP contribution in [0.25, 0.3) is 0 Å². The number of aliphatic hydroxyl groups is 2. The molecule has 0 aliphatic heterocycles. The van der Waals surface area contributed by atoms with E-state index in [1.807, 2.05) is 36.4 Å². The van der Waals surface area contributed by atoms with Crippen molar-refractivity contribution in [2.45, 2.75) is 51.9 Å². The second-order valence-electron chi connectivity index (χ2n) is 5.88. The van der Waals surface area contributed by atoms with E-state index in [0.29, 0.717) is 0 Å². The van der Waals surface area contributed by atoms with Crippen molar-refractivity contribution in [2.24, 2.45) is 0 Å². The zero-order valence-electron chi connectivity index (χ0n) is 15.3. The summed E-state index contributed by atoms with van der Waals surface area (Å²) in [6, 6.07) is 16.6. The molecular weight excluding hydrogens is 356 g/mol. The third kappa shape index (κ3) is 9.95. The molecule has 0 aliphatic carbocycles. The van der Waals surface area contributed by atoms with Crippen LogP contribution in [-0.2, 0) is 30.2 Å². The first-order valence-corrected chi connectivity index (χ1v) is 8.83. The maximum Gasteiger partial charge on any atom is 0.0584 e. The van der Waals surface area contributed by atoms with Crippen molar-refractivity contribution in [3.63, 3.8) is 0 Å². The maximum atomic E-state index is 9.16. The van der Waals surface area contributed by atoms with Crippen LogP contribution in [0.3, 0.4) is 0 Å². The zero-order chi connectivity index (χ0) is 17.6. The molecule has 0 bridgehead atoms. The number of hydrogen-bond acceptors (Lipinski definition) is 4. The van der Waals surface area contributed by atoms with Gasteiger partial charge >= 0.3 is 0 Å². The monoisotopic (exact) mass is 388 g/mol. The Morgan fingerprint density at radius 1 is 0.960 bits per heavy atom. The molecule has 0 amide bonds. The first-order chi connectivity index (χ1) is 11.7. The molecule has 0 radical (unpaired) electrons. The number of aliphatic hydroxyl groups excluding tert-OH is 2. The summed E-state index contributed by atoms with van der Waals surface area (Å²) in [5, 5.41) is 25.0. The summed E-state index contributed by atoms with van der Waals surface area (Å²) in [5.41, 5.74) is 2.51. The Hall–Kier alpha value is -0.941. The fraction of sp³-hybridized carbons (Fsp3) is 0.500. The van der Waals surface area contributed by atoms with Gasteiger partial charge in [0.05, 0.1) is 13.2 Å². The van der Waals surface area contributed by atoms with Gasteiger partial charge in [0.2, 0.25) is 0 Å². The molecule has 2 aromatic rings. The third-order valence-corrected chi connectivity index (χ3v) is 4.15. The summed E-state index contributed by atoms with van der Waals surface area (Å²) in [5.74, 6) is 0. The zero-order valence-corrected chi connectivity index (χ0v) is 16.4. The van der Waals surface area contributed by atoms with Crippen LogP contribution in [0.15, 0.2) is 48.5 Å². The van der Waals surface area contributed by atoms with Gasteiger partial charge in [-0.15, -0.1) is 5.56 Å². The van der Waals surface area contributed by atoms with E-state index < -0.39 is 0 Å². The van der Waals surface area contributed by atoms with Crippen molar-refractivity contribution in [2.75, 3.05) is 13.2 Å². The summed E-state index contributed by atoms with van der Waals surface area (Å²) >= 11 is 0. The fourth-order valence-corrected chi connectivity index (χ4v) is 2.34. The molecule has 0 fully saturated rings. The maximum absolute atomic E-state index is 9.16. The van der Waals surface area contributed by atoms with Gasteiger partial charge in [-0.3, -0.25) is 0 Å². The van der Waals surface area contributed by atoms with Crippen LogP contribution in [0.5, 0.6) is 0 Å². The second-order valence-corrected chi connectivity index (χ2v) is 5.88. The van der Waals surface area contributed by atoms with E-state index in [1.54, 1.807) is 0 Å². The molecule has 0 unspecified atom stereocenters. The summed E-state index contributed by atoms with van der Waals surface area (Å²) in [6.07, 6.45) is 1.85. The van der Waals surface area contributed by atoms with Gasteiger partial charge in [-0.05, 0) is 25.9 Å². The Bertz CT molecular complexity index is 444. The Morgan fingerprint density at radius 2 is 1.48 bits per heavy atom. The van der Waals surface area contributed by atoms with Crippen LogP contribution in [0.2, 0.25) is 0 Å². The van der Waals surface area contributed by atoms with Crippen molar-refractivity contribution in [3.05, 3.63) is 59.7 Å². The summed E-state index contributed by atoms with van der Waals surface area (Å²) < 4.78 is 0. The van der Waals surface area contributed by atoms with Crippen LogP contribution in [-0.4, -0.2) is 35.5 Å². The minimum atomic E-state index is 0. The average molecular weight is 388 g/mol. The molecular formula is C20H32FeN2O2-6. The standard InChI is InChI=1S/C15H27N2O2.C5H5.Fe/c1-3-14(10-18)16-8-12-6-5-7-13(12)9-17-15(4-2)11-19;1-2-4-5-3-1;/h5-7,14-19H,3-4,8-11H2,1-2H3;1-5H;/q-1;-5;/t14-,15-;;/m1../s1. The molecule has 2 atom stereocenters. The van der Waals surface area contributed by atoms with E-state index >= 15 is 0 Å². The Balaban J connectivity index is 0.000000820. The van der Waals surface area contributed by atoms with Crippen molar-refractivity contribution in [1.82, 2.24) is 10.6 Å². The van der Waals surface area contributed by atoms with Crippen LogP contribution in [0.1, 0.15) is 37.8 Å². The van der Waals surface area contributed by atoms with Gasteiger partial charge in [-0.25, -0.2) is 12.1 Å². The predicted molar refractivity (Wildman–Crippen MR) is 100 cm³/mol. The van der Waals surface area contributed by atoms with Gasteiger partial charge < -0.3 is 51.2 Å². The first-order valence-electron chi connectivity index (χ1n) is 8.83. The van der Waals surface area contributed by atoms with Crippen molar-refractivity contribution in [3.8, 4) is 0 Å². The van der Waals surface area contributed by atoms with Gasteiger partial charge in [0.15, 0.2) is 0 Å². The molecule has 25 heavy (non-hydrogen) atoms. The third-order valence-electron chi connectivity index (χ3n) is 4.15. The number of hydrogen-bond donors (Lipinski definition) is 4. The van der Waals surface area contributed by atoms with Gasteiger partial charge in [0.1, 0.15) is 0 Å². The van der Waals surface area contributed by atoms with Crippen LogP contribution < -0.4 is 10.6 Å². The fourth-order valence-electron chi connectivity index (χ4n) is 2.34. The molecule has 2 aromatic carbocycles. The largest absolute Gasteiger partial charge is 0.748 e. The van der Waals surface area contributed by atoms with E-state index in [-0.39, 0.29) is 42.4 Å². The van der Waals surface area contributed by atoms with Crippen molar-refractivity contribution >= 4 is 0 Å². The van der Waals surface area contributed by atoms with Crippen molar-refractivity contribution < 1.29 is 27.3 Å². The van der Waals surface area contributed by atoms with Gasteiger partial charge in [0.25, 0.3) is 0 Å². The smallest absolute Gasteiger partial charge is 0.0584 e. The SMILES string of the molecule is CC[C@H](CO)NCc1ccc[c-]1CN[C@H](CC)CO.[Fe].[cH-]1[cH-][cH-][cH-][cH-]1. The second kappa shape index (κ2) is 15.3. The number of rotatable bonds is 10. The molecule has 0 aromatic heterocycles. The first kappa shape index (κ1) is 24.1. The predicted octanol–water partition coefficient (Wildman–Crippen LogP) is 2.53. The molecule has 0 aliphatic rings. The molecule has 2 rings (SSSR count). The summed E-state index contributed by atoms with van der Waals surface area (Å²) in [4.78, 5) is 0. The topological polar surface area (TPSA) is 64.5 Å². The minimum Gasteiger partial charge on any atom is -0.748 e. The Kier molecular flexibility index (Phi) is 14.7. The molecule has 0 saturated heterocycles. The van der Waals surface area contributed by atoms with Crippen LogP contribution in [0, 0.1) is 0 Å². The van der Waals surface area contributed by atoms with Gasteiger partial charge in [0, 0.05) is 29.2 Å². The van der Waals surface area contributed by atoms with E-state index in [4.69, 9.17) is 10.2 Å². The quantitative estimate of drug-likeness (QED) is 0.373. The number of nitrogens with one attached hydrogen (secondary N) is 2. The van der Waals surface area contributed by atoms with E-state index in [0.717, 1.165) is 25.9 Å². The molecule has 0 heterocycles. The Labute approximate surface area is 162 Å². The van der Waals surface area contributed by atoms with Gasteiger partial charge in [-0.1, -0.05) is 13.8 Å². The van der Waals surface area contributed by atoms with E-state index in [9.17, 15) is 0 Å². The molecule has 148 valence electrons. The van der Waals surface area contributed by atoms with E-state index in [2.05, 4.69) is 36.6 Å². The minimum absolute atomic E-state index is 0. The molecule has 0 saturated carbocycles. The molecule has 0 spiro atoms. The molecule has 4 N–H and O–H groups in total. The van der Waals surface area contributed by atoms with Gasteiger partial charge in [-0.2, -0.15) is 11.6 Å². The molecule has 4 nitrogen and oxygen atoms in total. The van der Waals surface area contributed by atoms with Crippen molar-refractivity contribution in [1.29, 1.82) is 0 Å². The summed E-state index contributed by atoms with van der Waals surface area (Å²) in [7, 11) is 0. The normalized spacial score (nSPS) is 12.6. The van der Waals surface area contributed by atoms with Crippen LogP contribution in [0.4, 0.5) is 0 Å². The van der Waals surface area contributed by atoms with E-state index in [1.165, 1.54) is 11.1 Å². The Morgan fingerprint density at radius 3 is 1.96 bits per heavy atom. The summed E-state index contributed by atoms with van der Waals surface area (Å²) in [6.45, 7) is 6.03. The molecule has 5 heteroatoms. The van der Waals surface area contributed by atoms with Crippen LogP contribution >= 0.6 is 0 Å².